The van der Waals surface area contributed by atoms with Gasteiger partial charge < -0.3 is 55.0 Å². The Morgan fingerprint density at radius 3 is 1.37 bits per heavy atom. The largest absolute Gasteiger partial charge is 1.00 e. The van der Waals surface area contributed by atoms with Gasteiger partial charge in [0.1, 0.15) is 17.2 Å². The number of likely N-dealkylation sites (tertiary alicyclic amines) is 1. The molecule has 0 bridgehead atoms. The standard InChI is InChI=1S/C22H23F3N4O3.C13H16F3NO2.C11H13N3O2.C9H9N3O2.C7H11BrO3.C4H5N3.Li.H2O/c1-2-18-19(29-11-3-10-26-21(29)27-18)20(30)28-12-8-16(9-13-28)31-14-15-4-6-17(7-5-15)32-22(23,24)25;14-13(15,16)19-12-3-1-10(2-4-12)9-18-11-5-7-17-8-6-11;1-3-8-9(10(15)16-4-2)14-7-5-6-12-11(14)13-8;1-2-6-7(8(13)14)12-5-3-4-10-9(12)11-6;1-3-5(9)6(8)7(10)11-4-2;5-4-6-2-1-3-7-4;;/h3-7,10-11,16H,2,8-9,12-14H2,1H3;1-4,11,17H,5-9H2;5-7H,3-4H2,1-2H3;3-5H,2H2,1H3,(H,13,14);6H,3-4H2,1-2H3;1-3H,(H2,5,6,7);;1H2/q;;;;;;+1;/p-1. The molecule has 35 heteroatoms. The van der Waals surface area contributed by atoms with Crippen LogP contribution >= 0.6 is 15.9 Å². The first-order valence-electron chi connectivity index (χ1n) is 31.5. The van der Waals surface area contributed by atoms with E-state index >= 15 is 0 Å². The summed E-state index contributed by atoms with van der Waals surface area (Å²) in [6.45, 7) is 15.3. The Morgan fingerprint density at radius 1 is 0.584 bits per heavy atom. The molecular weight excluding hydrogens is 1400 g/mol. The summed E-state index contributed by atoms with van der Waals surface area (Å²) in [5.74, 6) is -0.712. The first kappa shape index (κ1) is 84.2. The average Bonchev–Trinajstić information content (AvgIpc) is 1.66. The number of hydrogen-bond acceptors (Lipinski definition) is 22. The molecule has 9 aromatic rings. The molecule has 2 aromatic carbocycles. The predicted molar refractivity (Wildman–Crippen MR) is 354 cm³/mol. The number of rotatable bonds is 19. The number of carboxylic acids is 1. The molecule has 0 aliphatic carbocycles. The number of esters is 2. The predicted octanol–water partition coefficient (Wildman–Crippen LogP) is 7.50. The van der Waals surface area contributed by atoms with Crippen molar-refractivity contribution >= 4 is 68.8 Å². The van der Waals surface area contributed by atoms with Gasteiger partial charge in [0, 0.05) is 69.1 Å². The maximum absolute atomic E-state index is 13.2. The second-order valence-corrected chi connectivity index (χ2v) is 22.1. The topological polar surface area (TPSA) is 349 Å². The van der Waals surface area contributed by atoms with E-state index in [1.165, 1.54) is 28.7 Å². The van der Waals surface area contributed by atoms with Gasteiger partial charge in [0.25, 0.3) is 5.91 Å². The molecule has 2 fully saturated rings. The first-order chi connectivity index (χ1) is 47.4. The van der Waals surface area contributed by atoms with E-state index in [0.29, 0.717) is 112 Å². The maximum atomic E-state index is 13.2. The van der Waals surface area contributed by atoms with Gasteiger partial charge >= 0.3 is 49.5 Å². The Labute approximate surface area is 597 Å². The number of piperidine rings is 2. The van der Waals surface area contributed by atoms with Gasteiger partial charge in [0.05, 0.1) is 55.7 Å². The van der Waals surface area contributed by atoms with Gasteiger partial charge in [-0.2, -0.15) is 0 Å². The molecule has 0 saturated carbocycles. The Morgan fingerprint density at radius 2 is 0.980 bits per heavy atom. The smallest absolute Gasteiger partial charge is 0.870 e. The van der Waals surface area contributed by atoms with Crippen molar-refractivity contribution in [3.63, 3.8) is 0 Å². The number of ketones is 1. The molecule has 1 amide bonds. The molecule has 2 aliphatic rings. The van der Waals surface area contributed by atoms with Crippen molar-refractivity contribution in [2.45, 2.75) is 136 Å². The van der Waals surface area contributed by atoms with Crippen LogP contribution in [0.15, 0.2) is 122 Å². The zero-order valence-corrected chi connectivity index (χ0v) is 58.2. The van der Waals surface area contributed by atoms with E-state index in [0.717, 1.165) is 48.4 Å². The van der Waals surface area contributed by atoms with E-state index < -0.39 is 29.5 Å². The molecule has 0 spiro atoms. The van der Waals surface area contributed by atoms with Gasteiger partial charge in [0.15, 0.2) is 22.0 Å². The molecule has 101 heavy (non-hydrogen) atoms. The number of anilines is 1. The number of Topliss-reactive ketones (excluding diaryl/α,β-unsaturated/α-hetero) is 1. The van der Waals surface area contributed by atoms with Crippen LogP contribution < -0.4 is 39.4 Å². The number of ether oxygens (including phenoxy) is 6. The molecule has 5 N–H and O–H groups in total. The maximum Gasteiger partial charge on any atom is 1.00 e. The number of aromatic carboxylic acids is 1. The normalized spacial score (nSPS) is 13.2. The number of aromatic nitrogens is 11. The fourth-order valence-electron chi connectivity index (χ4n) is 9.58. The Kier molecular flexibility index (Phi) is 35.2. The van der Waals surface area contributed by atoms with Crippen LogP contribution in [-0.4, -0.2) is 167 Å². The molecule has 540 valence electrons. The number of nitrogens with zero attached hydrogens (tertiary/aromatic N) is 12. The van der Waals surface area contributed by atoms with E-state index in [1.54, 1.807) is 133 Å². The summed E-state index contributed by atoms with van der Waals surface area (Å²) in [7, 11) is 0. The second kappa shape index (κ2) is 42.2. The number of benzene rings is 2. The monoisotopic (exact) mass is 1470 g/mol. The molecule has 2 saturated heterocycles. The van der Waals surface area contributed by atoms with Crippen LogP contribution in [0.25, 0.3) is 17.3 Å². The number of amides is 1. The van der Waals surface area contributed by atoms with Gasteiger partial charge in [-0.3, -0.25) is 27.6 Å². The zero-order chi connectivity index (χ0) is 72.1. The van der Waals surface area contributed by atoms with E-state index in [9.17, 15) is 50.3 Å². The Balaban J connectivity index is 0.000000272. The van der Waals surface area contributed by atoms with E-state index in [1.807, 2.05) is 20.8 Å². The number of nitrogens with two attached hydrogens (primary N) is 1. The summed E-state index contributed by atoms with van der Waals surface area (Å²) in [4.78, 5) is 91.1. The minimum Gasteiger partial charge on any atom is -0.870 e. The zero-order valence-electron chi connectivity index (χ0n) is 56.6. The number of fused-ring (bicyclic) bond motifs is 3. The molecule has 11 rings (SSSR count). The average molecular weight is 1480 g/mol. The Hall–Kier alpha value is -9.17. The molecule has 1 unspecified atom stereocenters. The van der Waals surface area contributed by atoms with Crippen molar-refractivity contribution in [3.8, 4) is 11.5 Å². The van der Waals surface area contributed by atoms with E-state index in [2.05, 4.69) is 75.3 Å². The number of aryl methyl sites for hydroxylation is 3. The fraction of sp³-hybridized carbons (Fsp3) is 0.409. The van der Waals surface area contributed by atoms with Crippen LogP contribution in [0.4, 0.5) is 32.3 Å². The summed E-state index contributed by atoms with van der Waals surface area (Å²) >= 11 is 2.95. The van der Waals surface area contributed by atoms with Crippen LogP contribution in [0.5, 0.6) is 11.5 Å². The van der Waals surface area contributed by atoms with E-state index in [-0.39, 0.29) is 78.0 Å². The number of carbonyl (C=O) groups is 5. The van der Waals surface area contributed by atoms with Gasteiger partial charge in [-0.25, -0.2) is 49.5 Å². The van der Waals surface area contributed by atoms with Gasteiger partial charge in [-0.1, -0.05) is 67.9 Å². The SMILES string of the molecule is CCOC(=O)C(Br)C(=O)CC.CCOC(=O)c1c(CC)nc2ncccn12.CCc1nc2ncccn2c1C(=O)N1CCC(OCc2ccc(OC(F)(F)F)cc2)CC1.CCc1nc2ncccn2c1C(=O)O.FC(F)(F)Oc1ccc(COC2CCNCC2)cc1.Nc1ncccn1.[Li+].[OH-]. The third-order valence-corrected chi connectivity index (χ3v) is 15.2. The summed E-state index contributed by atoms with van der Waals surface area (Å²) < 4.78 is 106. The second-order valence-electron chi connectivity index (χ2n) is 21.2. The third kappa shape index (κ3) is 26.7. The van der Waals surface area contributed by atoms with Crippen molar-refractivity contribution in [1.29, 1.82) is 0 Å². The van der Waals surface area contributed by atoms with Gasteiger partial charge in [-0.15, -0.1) is 26.3 Å². The number of imidazole rings is 3. The van der Waals surface area contributed by atoms with Crippen molar-refractivity contribution in [2.75, 3.05) is 45.1 Å². The molecule has 0 radical (unpaired) electrons. The molecule has 2 aliphatic heterocycles. The van der Waals surface area contributed by atoms with E-state index in [4.69, 9.17) is 25.1 Å². The van der Waals surface area contributed by atoms with Crippen LogP contribution in [0.3, 0.4) is 0 Å². The third-order valence-electron chi connectivity index (χ3n) is 14.3. The van der Waals surface area contributed by atoms with Crippen molar-refractivity contribution in [1.82, 2.24) is 63.3 Å². The number of alkyl halides is 7. The molecule has 7 aromatic heterocycles. The summed E-state index contributed by atoms with van der Waals surface area (Å²) in [5.41, 5.74) is 9.98. The van der Waals surface area contributed by atoms with Crippen molar-refractivity contribution in [3.05, 3.63) is 168 Å². The minimum absolute atomic E-state index is 0. The van der Waals surface area contributed by atoms with Gasteiger partial charge in [-0.05, 0) is 132 Å². The van der Waals surface area contributed by atoms with Crippen LogP contribution in [-0.2, 0) is 61.0 Å². The van der Waals surface area contributed by atoms with Crippen molar-refractivity contribution < 1.29 is 108 Å². The number of halogens is 7. The molecule has 27 nitrogen and oxygen atoms in total. The van der Waals surface area contributed by atoms with Crippen LogP contribution in [0.2, 0.25) is 0 Å². The summed E-state index contributed by atoms with van der Waals surface area (Å²) in [5, 5.41) is 12.2. The number of hydrogen-bond donors (Lipinski definition) is 3. The quantitative estimate of drug-likeness (QED) is 0.0232. The number of nitrogens with one attached hydrogen (secondary N) is 1. The number of nitrogen functional groups attached to an aromatic ring is 1. The van der Waals surface area contributed by atoms with Crippen molar-refractivity contribution in [2.24, 2.45) is 0 Å². The fourth-order valence-corrected chi connectivity index (χ4v) is 10.0. The van der Waals surface area contributed by atoms with Crippen LogP contribution in [0.1, 0.15) is 133 Å². The molecular formula is C66H78BrF6LiN14O13. The molecule has 1 atom stereocenters. The molecule has 9 heterocycles. The number of carbonyl (C=O) groups excluding carboxylic acids is 4. The summed E-state index contributed by atoms with van der Waals surface area (Å²) in [6, 6.07) is 18.3. The van der Waals surface area contributed by atoms with Crippen LogP contribution in [0, 0.1) is 0 Å². The first-order valence-corrected chi connectivity index (χ1v) is 32.5. The number of carboxylic acid groups (broad SMARTS) is 1. The minimum atomic E-state index is -4.71. The summed E-state index contributed by atoms with van der Waals surface area (Å²) in [6.07, 6.45) is 9.68. The Bertz CT molecular complexity index is 4010. The van der Waals surface area contributed by atoms with Gasteiger partial charge in [0.2, 0.25) is 23.3 Å².